The highest BCUT2D eigenvalue weighted by atomic mass is 16.7. The molecule has 0 unspecified atom stereocenters. The fraction of sp³-hybridized carbons (Fsp3) is 1.00. The first-order valence-electron chi connectivity index (χ1n) is 12.5. The molecule has 2 aliphatic rings. The van der Waals surface area contributed by atoms with Gasteiger partial charge in [-0.15, -0.1) is 0 Å². The average Bonchev–Trinajstić information content (AvgIpc) is 2.76. The lowest BCUT2D eigenvalue weighted by Crippen LogP contribution is -2.57. The molecule has 12 heteroatoms. The Labute approximate surface area is 216 Å². The molecule has 0 atom stereocenters. The van der Waals surface area contributed by atoms with Gasteiger partial charge in [-0.05, 0) is 34.6 Å². The highest BCUT2D eigenvalue weighted by Crippen LogP contribution is 2.14. The average molecular weight is 525 g/mol. The van der Waals surface area contributed by atoms with E-state index in [1.807, 2.05) is 27.7 Å². The van der Waals surface area contributed by atoms with Crippen molar-refractivity contribution in [3.8, 4) is 0 Å². The van der Waals surface area contributed by atoms with Gasteiger partial charge >= 0.3 is 0 Å². The standard InChI is InChI=1S/C12H24N2O6.C12H28N2O2/c1-10(19-6-11(13)2-15-8-16-3-11)20-7-12(14)4-17-9-18-5-12;1-9(2)10(15-7-11(3,4)13)16-8-12(5,6)14/h10H,2-9,13-14H2,1H3;9-10H,7-8,13-14H2,1-6H3. The molecule has 2 aliphatic heterocycles. The summed E-state index contributed by atoms with van der Waals surface area (Å²) in [6.07, 6.45) is -0.676. The van der Waals surface area contributed by atoms with Crippen LogP contribution in [-0.4, -0.2) is 101 Å². The molecule has 2 fully saturated rings. The van der Waals surface area contributed by atoms with Crippen LogP contribution in [0.3, 0.4) is 0 Å². The summed E-state index contributed by atoms with van der Waals surface area (Å²) in [5.74, 6) is 0.282. The maximum Gasteiger partial charge on any atom is 0.160 e. The van der Waals surface area contributed by atoms with Gasteiger partial charge in [0.2, 0.25) is 0 Å². The van der Waals surface area contributed by atoms with Crippen LogP contribution in [0.1, 0.15) is 48.5 Å². The van der Waals surface area contributed by atoms with Crippen molar-refractivity contribution in [1.82, 2.24) is 0 Å². The summed E-state index contributed by atoms with van der Waals surface area (Å²) in [5, 5.41) is 0. The van der Waals surface area contributed by atoms with E-state index < -0.39 is 17.4 Å². The van der Waals surface area contributed by atoms with Crippen molar-refractivity contribution >= 4 is 0 Å². The summed E-state index contributed by atoms with van der Waals surface area (Å²) in [5.41, 5.74) is 21.9. The van der Waals surface area contributed by atoms with Crippen LogP contribution >= 0.6 is 0 Å². The van der Waals surface area contributed by atoms with Crippen LogP contribution in [0.15, 0.2) is 0 Å². The van der Waals surface area contributed by atoms with E-state index in [0.29, 0.717) is 52.9 Å². The zero-order valence-electron chi connectivity index (χ0n) is 23.4. The van der Waals surface area contributed by atoms with Crippen molar-refractivity contribution in [3.05, 3.63) is 0 Å². The topological polar surface area (TPSA) is 178 Å². The molecule has 8 N–H and O–H groups in total. The molecule has 0 aromatic carbocycles. The van der Waals surface area contributed by atoms with E-state index in [0.717, 1.165) is 0 Å². The fourth-order valence-corrected chi connectivity index (χ4v) is 2.99. The maximum atomic E-state index is 6.08. The van der Waals surface area contributed by atoms with Crippen molar-refractivity contribution in [3.63, 3.8) is 0 Å². The summed E-state index contributed by atoms with van der Waals surface area (Å²) in [6.45, 7) is 17.3. The SMILES string of the molecule is CC(C)C(OCC(C)(C)N)OCC(C)(C)N.CC(OCC1(N)COCOC1)OCC1(N)COCOC1. The number of hydrogen-bond donors (Lipinski definition) is 4. The van der Waals surface area contributed by atoms with Gasteiger partial charge in [-0.25, -0.2) is 0 Å². The van der Waals surface area contributed by atoms with Crippen molar-refractivity contribution in [2.75, 3.05) is 66.4 Å². The maximum absolute atomic E-state index is 6.08. The lowest BCUT2D eigenvalue weighted by atomic mass is 10.1. The number of nitrogens with two attached hydrogens (primary N) is 4. The Kier molecular flexibility index (Phi) is 14.2. The molecule has 0 saturated carbocycles. The van der Waals surface area contributed by atoms with Crippen molar-refractivity contribution in [2.24, 2.45) is 28.9 Å². The Morgan fingerprint density at radius 3 is 1.28 bits per heavy atom. The molecule has 2 heterocycles. The van der Waals surface area contributed by atoms with Gasteiger partial charge in [-0.3, -0.25) is 0 Å². The van der Waals surface area contributed by atoms with Gasteiger partial charge in [-0.1, -0.05) is 13.8 Å². The van der Waals surface area contributed by atoms with Crippen molar-refractivity contribution in [1.29, 1.82) is 0 Å². The van der Waals surface area contributed by atoms with Gasteiger partial charge in [0, 0.05) is 17.0 Å². The molecule has 0 aliphatic carbocycles. The zero-order valence-corrected chi connectivity index (χ0v) is 23.4. The van der Waals surface area contributed by atoms with Gasteiger partial charge in [0.15, 0.2) is 12.6 Å². The molecule has 216 valence electrons. The largest absolute Gasteiger partial charge is 0.353 e. The minimum absolute atomic E-state index is 0.245. The molecule has 0 aromatic heterocycles. The van der Waals surface area contributed by atoms with Crippen LogP contribution in [0.5, 0.6) is 0 Å². The minimum Gasteiger partial charge on any atom is -0.353 e. The second-order valence-corrected chi connectivity index (χ2v) is 11.8. The van der Waals surface area contributed by atoms with Crippen LogP contribution in [0.25, 0.3) is 0 Å². The number of rotatable bonds is 13. The van der Waals surface area contributed by atoms with Crippen molar-refractivity contribution in [2.45, 2.75) is 83.2 Å². The number of hydrogen-bond acceptors (Lipinski definition) is 12. The van der Waals surface area contributed by atoms with E-state index in [1.165, 1.54) is 0 Å². The van der Waals surface area contributed by atoms with Crippen LogP contribution in [0.2, 0.25) is 0 Å². The van der Waals surface area contributed by atoms with Crippen LogP contribution < -0.4 is 22.9 Å². The third-order valence-corrected chi connectivity index (χ3v) is 4.89. The molecule has 2 rings (SSSR count). The molecule has 36 heavy (non-hydrogen) atoms. The van der Waals surface area contributed by atoms with Crippen molar-refractivity contribution < 1.29 is 37.9 Å². The third kappa shape index (κ3) is 15.7. The predicted octanol–water partition coefficient (Wildman–Crippen LogP) is 0.246. The zero-order chi connectivity index (χ0) is 27.5. The monoisotopic (exact) mass is 524 g/mol. The second-order valence-electron chi connectivity index (χ2n) is 11.8. The highest BCUT2D eigenvalue weighted by Gasteiger charge is 2.32. The summed E-state index contributed by atoms with van der Waals surface area (Å²) < 4.78 is 43.1. The number of ether oxygens (including phenoxy) is 8. The summed E-state index contributed by atoms with van der Waals surface area (Å²) >= 11 is 0. The molecule has 0 spiro atoms. The Morgan fingerprint density at radius 2 is 1.00 bits per heavy atom. The van der Waals surface area contributed by atoms with Gasteiger partial charge in [0.1, 0.15) is 13.6 Å². The normalized spacial score (nSPS) is 20.5. The molecule has 12 nitrogen and oxygen atoms in total. The first-order chi connectivity index (χ1) is 16.5. The lowest BCUT2D eigenvalue weighted by molar-refractivity contribution is -0.202. The van der Waals surface area contributed by atoms with E-state index in [9.17, 15) is 0 Å². The first kappa shape index (κ1) is 33.5. The van der Waals surface area contributed by atoms with Gasteiger partial charge in [0.25, 0.3) is 0 Å². The fourth-order valence-electron chi connectivity index (χ4n) is 2.99. The van der Waals surface area contributed by atoms with E-state index in [4.69, 9.17) is 60.8 Å². The van der Waals surface area contributed by atoms with Crippen LogP contribution in [0.4, 0.5) is 0 Å². The lowest BCUT2D eigenvalue weighted by Gasteiger charge is -2.35. The van der Waals surface area contributed by atoms with Gasteiger partial charge in [-0.2, -0.15) is 0 Å². The van der Waals surface area contributed by atoms with Crippen LogP contribution in [-0.2, 0) is 37.9 Å². The van der Waals surface area contributed by atoms with Gasteiger partial charge in [0.05, 0.1) is 63.9 Å². The summed E-state index contributed by atoms with van der Waals surface area (Å²) in [6, 6.07) is 0. The summed E-state index contributed by atoms with van der Waals surface area (Å²) in [4.78, 5) is 0. The quantitative estimate of drug-likeness (QED) is 0.242. The van der Waals surface area contributed by atoms with Gasteiger partial charge < -0.3 is 60.8 Å². The first-order valence-corrected chi connectivity index (χ1v) is 12.5. The molecule has 0 amide bonds. The van der Waals surface area contributed by atoms with E-state index >= 15 is 0 Å². The molecule has 0 radical (unpaired) electrons. The van der Waals surface area contributed by atoms with E-state index in [-0.39, 0.29) is 36.9 Å². The smallest absolute Gasteiger partial charge is 0.160 e. The Morgan fingerprint density at radius 1 is 0.667 bits per heavy atom. The highest BCUT2D eigenvalue weighted by molar-refractivity contribution is 4.86. The predicted molar refractivity (Wildman–Crippen MR) is 136 cm³/mol. The molecular weight excluding hydrogens is 472 g/mol. The molecular formula is C24H52N4O8. The third-order valence-electron chi connectivity index (χ3n) is 4.89. The van der Waals surface area contributed by atoms with Crippen LogP contribution in [0, 0.1) is 5.92 Å². The molecule has 0 bridgehead atoms. The van der Waals surface area contributed by atoms with E-state index in [1.54, 1.807) is 6.92 Å². The Hall–Kier alpha value is -0.480. The summed E-state index contributed by atoms with van der Waals surface area (Å²) in [7, 11) is 0. The minimum atomic E-state index is -0.632. The molecule has 0 aromatic rings. The Bertz CT molecular complexity index is 540. The molecule has 2 saturated heterocycles. The Balaban J connectivity index is 0.000000371. The second kappa shape index (κ2) is 15.2. The van der Waals surface area contributed by atoms with E-state index in [2.05, 4.69) is 13.8 Å².